The first kappa shape index (κ1) is 36.1. The third-order valence-corrected chi connectivity index (χ3v) is 12.1. The van der Waals surface area contributed by atoms with E-state index in [2.05, 4.69) is 199 Å². The molecular weight excluding hydrogens is 739 g/mol. The second kappa shape index (κ2) is 15.3. The molecule has 0 radical (unpaired) electrons. The molecule has 0 saturated carbocycles. The van der Waals surface area contributed by atoms with Crippen LogP contribution in [0.25, 0.3) is 78.5 Å². The Morgan fingerprint density at radius 3 is 1.38 bits per heavy atom. The van der Waals surface area contributed by atoms with Gasteiger partial charge in [0.05, 0.1) is 22.5 Å². The van der Waals surface area contributed by atoms with E-state index >= 15 is 0 Å². The summed E-state index contributed by atoms with van der Waals surface area (Å²) in [5.74, 6) is 0.694. The van der Waals surface area contributed by atoms with Crippen molar-refractivity contribution in [2.24, 2.45) is 0 Å². The largest absolute Gasteiger partial charge is 0.256 e. The zero-order valence-corrected chi connectivity index (χ0v) is 33.4. The third-order valence-electron chi connectivity index (χ3n) is 12.1. The summed E-state index contributed by atoms with van der Waals surface area (Å²) in [4.78, 5) is 14.7. The van der Waals surface area contributed by atoms with E-state index in [1.54, 1.807) is 0 Å². The second-order valence-corrected chi connectivity index (χ2v) is 15.6. The Morgan fingerprint density at radius 1 is 0.279 bits per heavy atom. The van der Waals surface area contributed by atoms with Gasteiger partial charge in [0, 0.05) is 28.5 Å². The fraction of sp³-hybridized carbons (Fsp3) is 0.0172. The Morgan fingerprint density at radius 2 is 0.754 bits per heavy atom. The lowest BCUT2D eigenvalue weighted by Gasteiger charge is -2.34. The summed E-state index contributed by atoms with van der Waals surface area (Å²) in [6.45, 7) is 0. The van der Waals surface area contributed by atoms with Crippen LogP contribution in [0.3, 0.4) is 0 Å². The van der Waals surface area contributed by atoms with Crippen molar-refractivity contribution in [1.29, 1.82) is 0 Å². The maximum Gasteiger partial charge on any atom is 0.160 e. The molecule has 0 amide bonds. The number of pyridine rings is 1. The van der Waals surface area contributed by atoms with Crippen LogP contribution in [-0.2, 0) is 5.41 Å². The van der Waals surface area contributed by atoms with Gasteiger partial charge in [-0.1, -0.05) is 200 Å². The lowest BCUT2D eigenvalue weighted by molar-refractivity contribution is 0.769. The van der Waals surface area contributed by atoms with Crippen molar-refractivity contribution in [3.8, 4) is 78.5 Å². The van der Waals surface area contributed by atoms with Crippen LogP contribution in [0.1, 0.15) is 22.3 Å². The van der Waals surface area contributed by atoms with Crippen LogP contribution in [0, 0.1) is 0 Å². The molecule has 0 fully saturated rings. The summed E-state index contributed by atoms with van der Waals surface area (Å²) in [5.41, 5.74) is 18.7. The van der Waals surface area contributed by atoms with Gasteiger partial charge in [0.1, 0.15) is 0 Å². The highest BCUT2D eigenvalue weighted by Crippen LogP contribution is 2.56. The molecule has 61 heavy (non-hydrogen) atoms. The first-order chi connectivity index (χ1) is 30.2. The van der Waals surface area contributed by atoms with Gasteiger partial charge >= 0.3 is 0 Å². The zero-order valence-electron chi connectivity index (χ0n) is 33.4. The molecule has 0 unspecified atom stereocenters. The van der Waals surface area contributed by atoms with E-state index in [1.807, 2.05) is 42.6 Å². The first-order valence-corrected chi connectivity index (χ1v) is 20.8. The molecule has 0 bridgehead atoms. The molecule has 11 rings (SSSR count). The molecule has 10 aromatic rings. The molecule has 1 aliphatic carbocycles. The van der Waals surface area contributed by atoms with Gasteiger partial charge in [0.15, 0.2) is 5.82 Å². The number of fused-ring (bicyclic) bond motifs is 3. The van der Waals surface area contributed by atoms with E-state index in [-0.39, 0.29) is 0 Å². The Labute approximate surface area is 356 Å². The van der Waals surface area contributed by atoms with E-state index < -0.39 is 5.41 Å². The Hall–Kier alpha value is -8.01. The highest BCUT2D eigenvalue weighted by molar-refractivity contribution is 5.89. The minimum absolute atomic E-state index is 0.442. The fourth-order valence-corrected chi connectivity index (χ4v) is 9.14. The number of benzene rings is 8. The standard InChI is InChI=1S/C58H39N3/c1-4-15-44(16-5-1)57-60-55(39-56(61-57)43-32-30-41(31-33-43)54-25-12-13-36-59-54)42-28-26-40(27-29-42)45-17-14-18-46(37-45)47-34-35-51-50-23-10-11-24-52(50)58(53(51)38-47,48-19-6-2-7-20-48)49-21-8-3-9-22-49/h1-39H. The monoisotopic (exact) mass is 777 g/mol. The Kier molecular flexibility index (Phi) is 9.05. The zero-order chi connectivity index (χ0) is 40.6. The molecule has 2 aromatic heterocycles. The van der Waals surface area contributed by atoms with E-state index in [1.165, 1.54) is 44.5 Å². The van der Waals surface area contributed by atoms with Crippen molar-refractivity contribution in [3.05, 3.63) is 259 Å². The van der Waals surface area contributed by atoms with Gasteiger partial charge in [-0.3, -0.25) is 4.98 Å². The summed E-state index contributed by atoms with van der Waals surface area (Å²) in [7, 11) is 0. The highest BCUT2D eigenvalue weighted by atomic mass is 14.9. The van der Waals surface area contributed by atoms with Gasteiger partial charge in [0.2, 0.25) is 0 Å². The average Bonchev–Trinajstić information content (AvgIpc) is 3.65. The SMILES string of the molecule is c1ccc(-c2nc(-c3ccc(-c4cccc(-c5ccc6c(c5)C(c5ccccc5)(c5ccccc5)c5ccccc5-6)c4)cc3)cc(-c3ccc(-c4ccccn4)cc3)n2)cc1. The highest BCUT2D eigenvalue weighted by Gasteiger charge is 2.46. The van der Waals surface area contributed by atoms with Gasteiger partial charge in [-0.25, -0.2) is 9.97 Å². The van der Waals surface area contributed by atoms with Crippen LogP contribution >= 0.6 is 0 Å². The number of aromatic nitrogens is 3. The lowest BCUT2D eigenvalue weighted by atomic mass is 9.67. The van der Waals surface area contributed by atoms with Gasteiger partial charge in [-0.05, 0) is 86.0 Å². The second-order valence-electron chi connectivity index (χ2n) is 15.6. The van der Waals surface area contributed by atoms with Crippen molar-refractivity contribution < 1.29 is 0 Å². The fourth-order valence-electron chi connectivity index (χ4n) is 9.14. The van der Waals surface area contributed by atoms with Gasteiger partial charge in [-0.15, -0.1) is 0 Å². The molecule has 2 heterocycles. The lowest BCUT2D eigenvalue weighted by Crippen LogP contribution is -2.28. The molecule has 0 aliphatic heterocycles. The average molecular weight is 778 g/mol. The van der Waals surface area contributed by atoms with Crippen LogP contribution < -0.4 is 0 Å². The molecule has 3 nitrogen and oxygen atoms in total. The van der Waals surface area contributed by atoms with E-state index in [4.69, 9.17) is 9.97 Å². The minimum Gasteiger partial charge on any atom is -0.256 e. The first-order valence-electron chi connectivity index (χ1n) is 20.8. The van der Waals surface area contributed by atoms with E-state index in [0.29, 0.717) is 5.82 Å². The van der Waals surface area contributed by atoms with Crippen LogP contribution in [0.5, 0.6) is 0 Å². The predicted octanol–water partition coefficient (Wildman–Crippen LogP) is 14.2. The van der Waals surface area contributed by atoms with Gasteiger partial charge in [-0.2, -0.15) is 0 Å². The molecule has 286 valence electrons. The third kappa shape index (κ3) is 6.44. The summed E-state index contributed by atoms with van der Waals surface area (Å²) in [6.07, 6.45) is 1.82. The minimum atomic E-state index is -0.442. The van der Waals surface area contributed by atoms with Crippen molar-refractivity contribution >= 4 is 0 Å². The predicted molar refractivity (Wildman–Crippen MR) is 250 cm³/mol. The smallest absolute Gasteiger partial charge is 0.160 e. The molecule has 8 aromatic carbocycles. The van der Waals surface area contributed by atoms with Crippen molar-refractivity contribution in [1.82, 2.24) is 15.0 Å². The van der Waals surface area contributed by atoms with Crippen molar-refractivity contribution in [2.75, 3.05) is 0 Å². The Bertz CT molecular complexity index is 3100. The van der Waals surface area contributed by atoms with Gasteiger partial charge in [0.25, 0.3) is 0 Å². The number of rotatable bonds is 8. The van der Waals surface area contributed by atoms with Crippen LogP contribution in [0.2, 0.25) is 0 Å². The van der Waals surface area contributed by atoms with Crippen LogP contribution in [0.15, 0.2) is 237 Å². The number of hydrogen-bond donors (Lipinski definition) is 0. The van der Waals surface area contributed by atoms with Gasteiger partial charge < -0.3 is 0 Å². The molecule has 3 heteroatoms. The van der Waals surface area contributed by atoms with E-state index in [0.717, 1.165) is 50.5 Å². The maximum absolute atomic E-state index is 5.10. The van der Waals surface area contributed by atoms with Crippen molar-refractivity contribution in [3.63, 3.8) is 0 Å². The number of hydrogen-bond acceptors (Lipinski definition) is 3. The summed E-state index contributed by atoms with van der Waals surface area (Å²) < 4.78 is 0. The summed E-state index contributed by atoms with van der Waals surface area (Å²) >= 11 is 0. The van der Waals surface area contributed by atoms with Crippen LogP contribution in [0.4, 0.5) is 0 Å². The molecule has 0 spiro atoms. The molecule has 0 saturated heterocycles. The maximum atomic E-state index is 5.10. The quantitative estimate of drug-likeness (QED) is 0.154. The van der Waals surface area contributed by atoms with Crippen molar-refractivity contribution in [2.45, 2.75) is 5.41 Å². The van der Waals surface area contributed by atoms with E-state index in [9.17, 15) is 0 Å². The normalized spacial score (nSPS) is 12.4. The molecule has 0 atom stereocenters. The summed E-state index contributed by atoms with van der Waals surface area (Å²) in [6, 6.07) is 82.3. The molecule has 0 N–H and O–H groups in total. The van der Waals surface area contributed by atoms with Crippen LogP contribution in [-0.4, -0.2) is 15.0 Å². The Balaban J connectivity index is 0.955. The topological polar surface area (TPSA) is 38.7 Å². The molecule has 1 aliphatic rings. The number of nitrogens with zero attached hydrogens (tertiary/aromatic N) is 3. The summed E-state index contributed by atoms with van der Waals surface area (Å²) in [5, 5.41) is 0. The molecular formula is C58H39N3.